The van der Waals surface area contributed by atoms with Gasteiger partial charge in [-0.2, -0.15) is 0 Å². The Morgan fingerprint density at radius 2 is 1.71 bits per heavy atom. The summed E-state index contributed by atoms with van der Waals surface area (Å²) < 4.78 is 26.3. The summed E-state index contributed by atoms with van der Waals surface area (Å²) in [5, 5.41) is 13.3. The van der Waals surface area contributed by atoms with Crippen molar-refractivity contribution in [2.24, 2.45) is 0 Å². The average Bonchev–Trinajstić information content (AvgIpc) is 2.48. The van der Waals surface area contributed by atoms with Crippen LogP contribution in [0.25, 0.3) is 0 Å². The highest BCUT2D eigenvalue weighted by molar-refractivity contribution is 5.25. The highest BCUT2D eigenvalue weighted by Crippen LogP contribution is 2.23. The van der Waals surface area contributed by atoms with E-state index in [1.807, 2.05) is 44.2 Å². The molecule has 2 N–H and O–H groups in total. The molecule has 0 heterocycles. The average molecular weight is 291 g/mol. The summed E-state index contributed by atoms with van der Waals surface area (Å²) >= 11 is 0. The first-order valence-electron chi connectivity index (χ1n) is 6.84. The van der Waals surface area contributed by atoms with Crippen molar-refractivity contribution in [3.63, 3.8) is 0 Å². The minimum absolute atomic E-state index is 0.315. The number of aliphatic hydroxyl groups is 1. The molecular weight excluding hydrogens is 272 g/mol. The monoisotopic (exact) mass is 291 g/mol. The smallest absolute Gasteiger partial charge is 0.159 e. The van der Waals surface area contributed by atoms with E-state index in [2.05, 4.69) is 5.32 Å². The van der Waals surface area contributed by atoms with Crippen molar-refractivity contribution < 1.29 is 13.9 Å². The molecule has 0 aromatic heterocycles. The van der Waals surface area contributed by atoms with Crippen LogP contribution in [0.5, 0.6) is 0 Å². The van der Waals surface area contributed by atoms with Crippen molar-refractivity contribution >= 4 is 0 Å². The van der Waals surface area contributed by atoms with Crippen LogP contribution in [0.3, 0.4) is 0 Å². The number of hydrogen-bond donors (Lipinski definition) is 2. The summed E-state index contributed by atoms with van der Waals surface area (Å²) in [6.45, 7) is 4.03. The SMILES string of the molecule is CC(C)(NCC(O)c1ccccc1)c1ccc(F)c(F)c1. The minimum Gasteiger partial charge on any atom is -0.387 e. The van der Waals surface area contributed by atoms with Gasteiger partial charge in [-0.1, -0.05) is 36.4 Å². The summed E-state index contributed by atoms with van der Waals surface area (Å²) in [4.78, 5) is 0. The van der Waals surface area contributed by atoms with Gasteiger partial charge in [-0.05, 0) is 37.1 Å². The molecule has 0 spiro atoms. The number of nitrogens with one attached hydrogen (secondary N) is 1. The molecule has 0 aliphatic carbocycles. The molecule has 2 rings (SSSR count). The molecular formula is C17H19F2NO. The number of rotatable bonds is 5. The van der Waals surface area contributed by atoms with E-state index in [4.69, 9.17) is 0 Å². The Morgan fingerprint density at radius 1 is 1.05 bits per heavy atom. The van der Waals surface area contributed by atoms with E-state index in [0.29, 0.717) is 12.1 Å². The van der Waals surface area contributed by atoms with E-state index in [1.54, 1.807) is 6.07 Å². The van der Waals surface area contributed by atoms with Crippen molar-refractivity contribution in [2.75, 3.05) is 6.54 Å². The lowest BCUT2D eigenvalue weighted by Crippen LogP contribution is -2.39. The van der Waals surface area contributed by atoms with E-state index in [-0.39, 0.29) is 0 Å². The van der Waals surface area contributed by atoms with Crippen LogP contribution in [0.4, 0.5) is 8.78 Å². The van der Waals surface area contributed by atoms with Crippen LogP contribution < -0.4 is 5.32 Å². The molecule has 2 nitrogen and oxygen atoms in total. The molecule has 0 fully saturated rings. The van der Waals surface area contributed by atoms with Gasteiger partial charge in [0, 0.05) is 12.1 Å². The zero-order valence-electron chi connectivity index (χ0n) is 12.1. The topological polar surface area (TPSA) is 32.3 Å². The van der Waals surface area contributed by atoms with Crippen LogP contribution in [0.2, 0.25) is 0 Å². The zero-order valence-corrected chi connectivity index (χ0v) is 12.1. The maximum absolute atomic E-state index is 13.3. The van der Waals surface area contributed by atoms with Crippen LogP contribution in [-0.2, 0) is 5.54 Å². The summed E-state index contributed by atoms with van der Waals surface area (Å²) in [6.07, 6.45) is -0.657. The molecule has 112 valence electrons. The van der Waals surface area contributed by atoms with Gasteiger partial charge in [0.25, 0.3) is 0 Å². The van der Waals surface area contributed by atoms with Gasteiger partial charge < -0.3 is 10.4 Å². The van der Waals surface area contributed by atoms with Gasteiger partial charge in [0.15, 0.2) is 11.6 Å². The highest BCUT2D eigenvalue weighted by Gasteiger charge is 2.22. The number of halogens is 2. The van der Waals surface area contributed by atoms with E-state index in [0.717, 1.165) is 11.6 Å². The summed E-state index contributed by atoms with van der Waals surface area (Å²) in [7, 11) is 0. The molecule has 4 heteroatoms. The van der Waals surface area contributed by atoms with E-state index in [1.165, 1.54) is 6.07 Å². The predicted octanol–water partition coefficient (Wildman–Crippen LogP) is 3.52. The van der Waals surface area contributed by atoms with Crippen LogP contribution in [-0.4, -0.2) is 11.7 Å². The van der Waals surface area contributed by atoms with Crippen LogP contribution in [0, 0.1) is 11.6 Å². The molecule has 2 aromatic carbocycles. The molecule has 0 radical (unpaired) electrons. The highest BCUT2D eigenvalue weighted by atomic mass is 19.2. The van der Waals surface area contributed by atoms with Crippen LogP contribution >= 0.6 is 0 Å². The van der Waals surface area contributed by atoms with Gasteiger partial charge in [0.1, 0.15) is 0 Å². The quantitative estimate of drug-likeness (QED) is 0.883. The van der Waals surface area contributed by atoms with Gasteiger partial charge in [-0.25, -0.2) is 8.78 Å². The maximum Gasteiger partial charge on any atom is 0.159 e. The molecule has 0 aliphatic rings. The molecule has 0 saturated heterocycles. The van der Waals surface area contributed by atoms with Gasteiger partial charge in [-0.15, -0.1) is 0 Å². The summed E-state index contributed by atoms with van der Waals surface area (Å²) in [5.41, 5.74) is 0.859. The molecule has 2 aromatic rings. The fraction of sp³-hybridized carbons (Fsp3) is 0.294. The van der Waals surface area contributed by atoms with Crippen LogP contribution in [0.1, 0.15) is 31.1 Å². The molecule has 0 saturated carbocycles. The molecule has 1 atom stereocenters. The second kappa shape index (κ2) is 6.33. The number of aliphatic hydroxyl groups excluding tert-OH is 1. The standard InChI is InChI=1S/C17H19F2NO/c1-17(2,13-8-9-14(18)15(19)10-13)20-11-16(21)12-6-4-3-5-7-12/h3-10,16,20-21H,11H2,1-2H3. The van der Waals surface area contributed by atoms with E-state index < -0.39 is 23.3 Å². The molecule has 21 heavy (non-hydrogen) atoms. The Bertz CT molecular complexity index is 599. The fourth-order valence-corrected chi connectivity index (χ4v) is 2.13. The maximum atomic E-state index is 13.3. The van der Waals surface area contributed by atoms with Gasteiger partial charge in [-0.3, -0.25) is 0 Å². The first-order valence-corrected chi connectivity index (χ1v) is 6.84. The second-order valence-corrected chi connectivity index (χ2v) is 5.56. The number of benzene rings is 2. The summed E-state index contributed by atoms with van der Waals surface area (Å²) in [6, 6.07) is 13.1. The van der Waals surface area contributed by atoms with Gasteiger partial charge in [0.2, 0.25) is 0 Å². The molecule has 0 amide bonds. The lowest BCUT2D eigenvalue weighted by atomic mass is 9.93. The second-order valence-electron chi connectivity index (χ2n) is 5.56. The normalized spacial score (nSPS) is 13.2. The third-order valence-electron chi connectivity index (χ3n) is 3.56. The van der Waals surface area contributed by atoms with Crippen molar-refractivity contribution in [2.45, 2.75) is 25.5 Å². The third kappa shape index (κ3) is 3.86. The van der Waals surface area contributed by atoms with Crippen molar-refractivity contribution in [1.82, 2.24) is 5.32 Å². The predicted molar refractivity (Wildman–Crippen MR) is 78.8 cm³/mol. The summed E-state index contributed by atoms with van der Waals surface area (Å²) in [5.74, 6) is -1.73. The molecule has 0 aliphatic heterocycles. The third-order valence-corrected chi connectivity index (χ3v) is 3.56. The van der Waals surface area contributed by atoms with Gasteiger partial charge >= 0.3 is 0 Å². The Labute approximate surface area is 123 Å². The Kier molecular flexibility index (Phi) is 4.70. The Balaban J connectivity index is 2.05. The lowest BCUT2D eigenvalue weighted by molar-refractivity contribution is 0.161. The Morgan fingerprint density at radius 3 is 2.33 bits per heavy atom. The Hall–Kier alpha value is -1.78. The first-order chi connectivity index (χ1) is 9.90. The lowest BCUT2D eigenvalue weighted by Gasteiger charge is -2.28. The van der Waals surface area contributed by atoms with E-state index in [9.17, 15) is 13.9 Å². The number of hydrogen-bond acceptors (Lipinski definition) is 2. The first kappa shape index (κ1) is 15.6. The van der Waals surface area contributed by atoms with Crippen molar-refractivity contribution in [1.29, 1.82) is 0 Å². The zero-order chi connectivity index (χ0) is 15.5. The van der Waals surface area contributed by atoms with Gasteiger partial charge in [0.05, 0.1) is 6.10 Å². The largest absolute Gasteiger partial charge is 0.387 e. The molecule has 0 bridgehead atoms. The van der Waals surface area contributed by atoms with Crippen molar-refractivity contribution in [3.8, 4) is 0 Å². The minimum atomic E-state index is -0.869. The fourth-order valence-electron chi connectivity index (χ4n) is 2.13. The van der Waals surface area contributed by atoms with Crippen LogP contribution in [0.15, 0.2) is 48.5 Å². The van der Waals surface area contributed by atoms with E-state index >= 15 is 0 Å². The molecule has 1 unspecified atom stereocenters. The van der Waals surface area contributed by atoms with Crippen molar-refractivity contribution in [3.05, 3.63) is 71.3 Å².